The van der Waals surface area contributed by atoms with E-state index in [0.717, 1.165) is 0 Å². The lowest BCUT2D eigenvalue weighted by Gasteiger charge is -2.46. The minimum Gasteiger partial charge on any atom is -0.462 e. The van der Waals surface area contributed by atoms with Crippen LogP contribution in [0.3, 0.4) is 0 Å². The molecule has 3 saturated heterocycles. The molecule has 1 aliphatic carbocycles. The van der Waals surface area contributed by atoms with Gasteiger partial charge in [-0.2, -0.15) is 8.78 Å². The lowest BCUT2D eigenvalue weighted by atomic mass is 9.80. The average Bonchev–Trinajstić information content (AvgIpc) is 2.80. The summed E-state index contributed by atoms with van der Waals surface area (Å²) in [6.45, 7) is 16.2. The monoisotopic (exact) mass is 602 g/mol. The van der Waals surface area contributed by atoms with E-state index >= 15 is 8.78 Å². The molecule has 0 amide bonds. The van der Waals surface area contributed by atoms with Gasteiger partial charge >= 0.3 is 18.0 Å². The molecular weight excluding hydrogens is 550 g/mol. The summed E-state index contributed by atoms with van der Waals surface area (Å²) in [5.74, 6) is -2.35. The third-order valence-electron chi connectivity index (χ3n) is 8.79. The molecule has 0 aromatic heterocycles. The summed E-state index contributed by atoms with van der Waals surface area (Å²) >= 11 is 0. The van der Waals surface area contributed by atoms with Crippen LogP contribution in [0.5, 0.6) is 0 Å². The van der Waals surface area contributed by atoms with Crippen LogP contribution in [-0.4, -0.2) is 78.0 Å². The third kappa shape index (κ3) is 9.06. The number of carbonyl (C=O) groups excluding carboxylic acids is 2. The van der Waals surface area contributed by atoms with Gasteiger partial charge in [-0.15, -0.1) is 0 Å². The largest absolute Gasteiger partial charge is 0.462 e. The molecule has 4 rings (SSSR count). The maximum absolute atomic E-state index is 15.1. The molecule has 0 spiro atoms. The predicted molar refractivity (Wildman–Crippen MR) is 152 cm³/mol. The van der Waals surface area contributed by atoms with Crippen molar-refractivity contribution in [3.05, 3.63) is 0 Å². The number of rotatable bonds is 7. The average molecular weight is 603 g/mol. The van der Waals surface area contributed by atoms with Gasteiger partial charge in [0.15, 0.2) is 0 Å². The highest BCUT2D eigenvalue weighted by Crippen LogP contribution is 2.41. The zero-order chi connectivity index (χ0) is 31.1. The second-order valence-corrected chi connectivity index (χ2v) is 15.6. The summed E-state index contributed by atoms with van der Waals surface area (Å²) in [5, 5.41) is 7.10. The number of carbonyl (C=O) groups is 2. The summed E-state index contributed by atoms with van der Waals surface area (Å²) in [5.41, 5.74) is -0.713. The van der Waals surface area contributed by atoms with E-state index in [4.69, 9.17) is 23.7 Å². The van der Waals surface area contributed by atoms with Crippen molar-refractivity contribution in [2.45, 2.75) is 160 Å². The third-order valence-corrected chi connectivity index (χ3v) is 8.79. The van der Waals surface area contributed by atoms with Crippen molar-refractivity contribution < 1.29 is 42.1 Å². The van der Waals surface area contributed by atoms with E-state index in [1.165, 1.54) is 0 Å². The Morgan fingerprint density at radius 3 is 1.50 bits per heavy atom. The van der Waals surface area contributed by atoms with Crippen molar-refractivity contribution in [2.75, 3.05) is 13.2 Å². The Balaban J connectivity index is 1.19. The van der Waals surface area contributed by atoms with Crippen molar-refractivity contribution in [2.24, 2.45) is 11.8 Å². The molecule has 0 atom stereocenters. The summed E-state index contributed by atoms with van der Waals surface area (Å²) in [4.78, 5) is 25.6. The Morgan fingerprint density at radius 1 is 0.667 bits per heavy atom. The highest BCUT2D eigenvalue weighted by molar-refractivity contribution is 5.73. The smallest absolute Gasteiger partial charge is 0.363 e. The molecule has 242 valence electrons. The first-order valence-electron chi connectivity index (χ1n) is 15.5. The maximum Gasteiger partial charge on any atom is 0.363 e. The lowest BCUT2D eigenvalue weighted by Crippen LogP contribution is -2.60. The Kier molecular flexibility index (Phi) is 9.71. The first kappa shape index (κ1) is 33.5. The minimum atomic E-state index is -3.41. The van der Waals surface area contributed by atoms with Crippen LogP contribution in [0.4, 0.5) is 8.78 Å². The van der Waals surface area contributed by atoms with Gasteiger partial charge in [-0.05, 0) is 81.1 Å². The fourth-order valence-electron chi connectivity index (χ4n) is 7.78. The van der Waals surface area contributed by atoms with E-state index in [1.807, 2.05) is 0 Å². The predicted octanol–water partition coefficient (Wildman–Crippen LogP) is 4.85. The summed E-state index contributed by atoms with van der Waals surface area (Å²) < 4.78 is 57.8. The molecule has 0 radical (unpaired) electrons. The topological polar surface area (TPSA) is 104 Å². The van der Waals surface area contributed by atoms with Crippen LogP contribution in [-0.2, 0) is 33.3 Å². The number of hydrogen-bond acceptors (Lipinski definition) is 9. The van der Waals surface area contributed by atoms with Crippen LogP contribution in [0.25, 0.3) is 0 Å². The number of ether oxygens (including phenoxy) is 5. The van der Waals surface area contributed by atoms with E-state index in [2.05, 4.69) is 66.0 Å². The van der Waals surface area contributed by atoms with Gasteiger partial charge in [0.25, 0.3) is 6.29 Å². The van der Waals surface area contributed by atoms with Gasteiger partial charge in [0.1, 0.15) is 18.3 Å². The van der Waals surface area contributed by atoms with Crippen LogP contribution in [0, 0.1) is 11.8 Å². The normalized spacial score (nSPS) is 33.5. The Bertz CT molecular complexity index is 938. The first-order chi connectivity index (χ1) is 19.2. The molecule has 0 aromatic carbocycles. The number of halogens is 2. The van der Waals surface area contributed by atoms with Gasteiger partial charge in [0.05, 0.1) is 25.0 Å². The van der Waals surface area contributed by atoms with Crippen molar-refractivity contribution >= 4 is 11.9 Å². The van der Waals surface area contributed by atoms with Crippen LogP contribution in [0.1, 0.15) is 107 Å². The number of hydrogen-bond donors (Lipinski definition) is 2. The molecule has 3 heterocycles. The molecule has 9 nitrogen and oxygen atoms in total. The maximum atomic E-state index is 15.1. The van der Waals surface area contributed by atoms with E-state index in [-0.39, 0.29) is 72.3 Å². The number of alkyl halides is 2. The quantitative estimate of drug-likeness (QED) is 0.396. The molecule has 4 aliphatic rings. The molecular formula is C31H52F2N2O7. The van der Waals surface area contributed by atoms with Gasteiger partial charge in [-0.25, -0.2) is 4.79 Å². The molecule has 0 bridgehead atoms. The lowest BCUT2D eigenvalue weighted by molar-refractivity contribution is -0.331. The van der Waals surface area contributed by atoms with E-state index < -0.39 is 30.4 Å². The SMILES string of the molecule is CC1(C)CC(OC(=O)C2CCC(C(F)(F)OC3COC(C(=O)OC4CC(C)(C)NC(C)(C)C4)OC3)CC2)CC(C)(C)N1. The fraction of sp³-hybridized carbons (Fsp3) is 0.935. The minimum absolute atomic E-state index is 0.155. The molecule has 2 N–H and O–H groups in total. The number of nitrogens with one attached hydrogen (secondary N) is 2. The molecule has 3 aliphatic heterocycles. The van der Waals surface area contributed by atoms with Gasteiger partial charge in [0.2, 0.25) is 0 Å². The van der Waals surface area contributed by atoms with E-state index in [1.54, 1.807) is 0 Å². The van der Waals surface area contributed by atoms with Crippen LogP contribution >= 0.6 is 0 Å². The molecule has 0 unspecified atom stereocenters. The van der Waals surface area contributed by atoms with Crippen LogP contribution in [0.2, 0.25) is 0 Å². The molecule has 42 heavy (non-hydrogen) atoms. The Labute approximate surface area is 249 Å². The van der Waals surface area contributed by atoms with Gasteiger partial charge in [-0.1, -0.05) is 0 Å². The molecule has 4 fully saturated rings. The number of esters is 2. The van der Waals surface area contributed by atoms with Gasteiger partial charge < -0.3 is 34.3 Å². The van der Waals surface area contributed by atoms with E-state index in [0.29, 0.717) is 38.5 Å². The zero-order valence-corrected chi connectivity index (χ0v) is 26.6. The Hall–Kier alpha value is -1.40. The fourth-order valence-corrected chi connectivity index (χ4v) is 7.78. The first-order valence-corrected chi connectivity index (χ1v) is 15.5. The summed E-state index contributed by atoms with van der Waals surface area (Å²) in [6, 6.07) is 0. The van der Waals surface area contributed by atoms with Gasteiger partial charge in [-0.3, -0.25) is 4.79 Å². The van der Waals surface area contributed by atoms with Crippen molar-refractivity contribution in [3.8, 4) is 0 Å². The van der Waals surface area contributed by atoms with Crippen molar-refractivity contribution in [1.82, 2.24) is 10.6 Å². The standard InChI is InChI=1S/C31H52F2N2O7/c1-27(2)13-21(14-28(3,4)34-27)40-24(36)19-9-11-20(12-10-19)31(32,33)42-23-17-38-26(39-18-23)25(37)41-22-15-29(5,6)35-30(7,8)16-22/h19-23,26,34-35H,9-18H2,1-8H3. The highest BCUT2D eigenvalue weighted by Gasteiger charge is 2.48. The highest BCUT2D eigenvalue weighted by atomic mass is 19.3. The summed E-state index contributed by atoms with van der Waals surface area (Å²) in [7, 11) is 0. The number of piperidine rings is 2. The van der Waals surface area contributed by atoms with Crippen molar-refractivity contribution in [1.29, 1.82) is 0 Å². The molecule has 1 saturated carbocycles. The summed E-state index contributed by atoms with van der Waals surface area (Å²) in [6.07, 6.45) is -2.53. The molecule has 0 aromatic rings. The second kappa shape index (κ2) is 12.2. The van der Waals surface area contributed by atoms with Gasteiger partial charge in [0, 0.05) is 47.8 Å². The van der Waals surface area contributed by atoms with Crippen molar-refractivity contribution in [3.63, 3.8) is 0 Å². The Morgan fingerprint density at radius 2 is 1.07 bits per heavy atom. The zero-order valence-electron chi connectivity index (χ0n) is 26.6. The second-order valence-electron chi connectivity index (χ2n) is 15.6. The molecule has 11 heteroatoms. The van der Waals surface area contributed by atoms with Crippen LogP contribution in [0.15, 0.2) is 0 Å². The van der Waals surface area contributed by atoms with E-state index in [9.17, 15) is 9.59 Å². The van der Waals surface area contributed by atoms with Crippen LogP contribution < -0.4 is 10.6 Å².